The minimum Gasteiger partial charge on any atom is -0.462 e. The number of hydrogen-bond acceptors (Lipinski definition) is 8. The summed E-state index contributed by atoms with van der Waals surface area (Å²) in [7, 11) is 0. The third kappa shape index (κ3) is 9.50. The third-order valence-corrected chi connectivity index (χ3v) is 6.17. The minimum atomic E-state index is -0.810. The van der Waals surface area contributed by atoms with E-state index in [0.29, 0.717) is 42.6 Å². The molecule has 0 N–H and O–H groups in total. The lowest BCUT2D eigenvalue weighted by atomic mass is 9.91. The van der Waals surface area contributed by atoms with E-state index >= 15 is 0 Å². The van der Waals surface area contributed by atoms with Crippen LogP contribution in [-0.4, -0.2) is 50.3 Å². The van der Waals surface area contributed by atoms with Crippen LogP contribution in [0.15, 0.2) is 36.4 Å². The van der Waals surface area contributed by atoms with Gasteiger partial charge in [-0.15, -0.1) is 0 Å². The second-order valence-electron chi connectivity index (χ2n) is 9.45. The molecule has 0 aromatic heterocycles. The van der Waals surface area contributed by atoms with Crippen LogP contribution < -0.4 is 0 Å². The van der Waals surface area contributed by atoms with Gasteiger partial charge in [0.1, 0.15) is 0 Å². The molecule has 0 unspecified atom stereocenters. The number of unbranched alkanes of at least 4 members (excludes halogenated alkanes) is 4. The van der Waals surface area contributed by atoms with E-state index in [9.17, 15) is 19.2 Å². The molecule has 0 fully saturated rings. The Labute approximate surface area is 237 Å². The topological polar surface area (TPSA) is 105 Å². The lowest BCUT2D eigenvalue weighted by Gasteiger charge is -2.18. The fourth-order valence-electron chi connectivity index (χ4n) is 3.79. The Bertz CT molecular complexity index is 1140. The van der Waals surface area contributed by atoms with Gasteiger partial charge in [0.15, 0.2) is 0 Å². The first-order valence-electron chi connectivity index (χ1n) is 14.3. The predicted octanol–water partition coefficient (Wildman–Crippen LogP) is 7.18. The number of carbonyl (C=O) groups excluding carboxylic acids is 4. The van der Waals surface area contributed by atoms with Gasteiger partial charge in [-0.1, -0.05) is 71.6 Å². The molecule has 0 bridgehead atoms. The van der Waals surface area contributed by atoms with Crippen molar-refractivity contribution < 1.29 is 38.1 Å². The Morgan fingerprint density at radius 1 is 0.550 bits per heavy atom. The van der Waals surface area contributed by atoms with E-state index in [-0.39, 0.29) is 36.5 Å². The van der Waals surface area contributed by atoms with Gasteiger partial charge in [-0.05, 0) is 55.0 Å². The van der Waals surface area contributed by atoms with E-state index in [1.165, 1.54) is 6.07 Å². The van der Waals surface area contributed by atoms with Crippen molar-refractivity contribution in [3.8, 4) is 11.1 Å². The molecule has 2 rings (SSSR count). The summed E-state index contributed by atoms with van der Waals surface area (Å²) in [5.41, 5.74) is 0.748. The van der Waals surface area contributed by atoms with Crippen LogP contribution in [0.4, 0.5) is 0 Å². The van der Waals surface area contributed by atoms with Crippen LogP contribution in [0.1, 0.15) is 120 Å². The van der Waals surface area contributed by atoms with Gasteiger partial charge in [0.25, 0.3) is 0 Å². The number of esters is 4. The van der Waals surface area contributed by atoms with Gasteiger partial charge in [-0.2, -0.15) is 0 Å². The van der Waals surface area contributed by atoms with Crippen molar-refractivity contribution in [2.75, 3.05) is 26.4 Å². The monoisotopic (exact) mass is 554 g/mol. The molecule has 0 aliphatic rings. The van der Waals surface area contributed by atoms with Crippen molar-refractivity contribution >= 4 is 23.9 Å². The molecule has 0 atom stereocenters. The van der Waals surface area contributed by atoms with Crippen LogP contribution in [0.5, 0.6) is 0 Å². The summed E-state index contributed by atoms with van der Waals surface area (Å²) >= 11 is 0. The zero-order valence-electron chi connectivity index (χ0n) is 24.2. The largest absolute Gasteiger partial charge is 0.462 e. The second-order valence-corrected chi connectivity index (χ2v) is 9.45. The standard InChI is InChI=1S/C32H42O8/c1-5-9-18-37-29(33)24-15-13-14-23(22-24)25-16-17-26(30(34)38-19-10-6-2)28(32(36)40-21-12-8-4)27(25)31(35)39-20-11-7-3/h13-17,22H,5-12,18-21H2,1-4H3. The molecule has 2 aromatic rings. The molecule has 0 radical (unpaired) electrons. The Balaban J connectivity index is 2.68. The van der Waals surface area contributed by atoms with Crippen LogP contribution in [0, 0.1) is 0 Å². The number of benzene rings is 2. The summed E-state index contributed by atoms with van der Waals surface area (Å²) in [6.07, 6.45) is 5.98. The number of hydrogen-bond donors (Lipinski definition) is 0. The molecule has 0 aliphatic heterocycles. The van der Waals surface area contributed by atoms with Crippen molar-refractivity contribution in [2.24, 2.45) is 0 Å². The first kappa shape index (κ1) is 32.5. The average molecular weight is 555 g/mol. The second kappa shape index (κ2) is 17.8. The van der Waals surface area contributed by atoms with Gasteiger partial charge in [0, 0.05) is 0 Å². The molecule has 0 heterocycles. The van der Waals surface area contributed by atoms with Crippen molar-refractivity contribution in [3.05, 3.63) is 58.7 Å². The van der Waals surface area contributed by atoms with Crippen LogP contribution >= 0.6 is 0 Å². The molecule has 0 saturated heterocycles. The van der Waals surface area contributed by atoms with Crippen molar-refractivity contribution in [3.63, 3.8) is 0 Å². The van der Waals surface area contributed by atoms with Gasteiger partial charge in [0.05, 0.1) is 48.7 Å². The fourth-order valence-corrected chi connectivity index (χ4v) is 3.79. The molecule has 0 spiro atoms. The van der Waals surface area contributed by atoms with Crippen molar-refractivity contribution in [1.82, 2.24) is 0 Å². The maximum absolute atomic E-state index is 13.5. The fraction of sp³-hybridized carbons (Fsp3) is 0.500. The van der Waals surface area contributed by atoms with E-state index < -0.39 is 23.9 Å². The Kier molecular flexibility index (Phi) is 14.5. The quantitative estimate of drug-likeness (QED) is 0.115. The Hall–Kier alpha value is -3.68. The average Bonchev–Trinajstić information content (AvgIpc) is 2.96. The van der Waals surface area contributed by atoms with E-state index in [1.54, 1.807) is 30.3 Å². The molecule has 0 aliphatic carbocycles. The SMILES string of the molecule is CCCCOC(=O)c1cccc(-c2ccc(C(=O)OCCCC)c(C(=O)OCCCC)c2C(=O)OCCCC)c1. The number of carbonyl (C=O) groups is 4. The van der Waals surface area contributed by atoms with Crippen molar-refractivity contribution in [1.29, 1.82) is 0 Å². The van der Waals surface area contributed by atoms with E-state index in [2.05, 4.69) is 0 Å². The molecule has 0 amide bonds. The molecular formula is C32H42O8. The van der Waals surface area contributed by atoms with Gasteiger partial charge in [0.2, 0.25) is 0 Å². The van der Waals surface area contributed by atoms with E-state index in [0.717, 1.165) is 32.1 Å². The summed E-state index contributed by atoms with van der Waals surface area (Å²) in [5, 5.41) is 0. The molecular weight excluding hydrogens is 512 g/mol. The molecule has 2 aromatic carbocycles. The first-order valence-corrected chi connectivity index (χ1v) is 14.3. The minimum absolute atomic E-state index is 0.0704. The summed E-state index contributed by atoms with van der Waals surface area (Å²) in [6, 6.07) is 9.62. The van der Waals surface area contributed by atoms with Crippen LogP contribution in [0.25, 0.3) is 11.1 Å². The summed E-state index contributed by atoms with van der Waals surface area (Å²) in [4.78, 5) is 52.7. The highest BCUT2D eigenvalue weighted by Gasteiger charge is 2.31. The van der Waals surface area contributed by atoms with E-state index in [1.807, 2.05) is 27.7 Å². The summed E-state index contributed by atoms with van der Waals surface area (Å²) in [5.74, 6) is -2.78. The Morgan fingerprint density at radius 3 is 1.55 bits per heavy atom. The smallest absolute Gasteiger partial charge is 0.339 e. The van der Waals surface area contributed by atoms with Crippen LogP contribution in [0.2, 0.25) is 0 Å². The maximum Gasteiger partial charge on any atom is 0.339 e. The normalized spacial score (nSPS) is 10.6. The molecule has 218 valence electrons. The highest BCUT2D eigenvalue weighted by Crippen LogP contribution is 2.32. The zero-order valence-corrected chi connectivity index (χ0v) is 24.2. The van der Waals surface area contributed by atoms with Gasteiger partial charge < -0.3 is 18.9 Å². The zero-order chi connectivity index (χ0) is 29.3. The predicted molar refractivity (Wildman–Crippen MR) is 153 cm³/mol. The van der Waals surface area contributed by atoms with Gasteiger partial charge in [-0.25, -0.2) is 19.2 Å². The van der Waals surface area contributed by atoms with Crippen molar-refractivity contribution in [2.45, 2.75) is 79.1 Å². The highest BCUT2D eigenvalue weighted by molar-refractivity contribution is 6.13. The third-order valence-electron chi connectivity index (χ3n) is 6.17. The molecule has 0 saturated carbocycles. The first-order chi connectivity index (χ1) is 19.4. The number of rotatable bonds is 17. The van der Waals surface area contributed by atoms with Crippen LogP contribution in [-0.2, 0) is 18.9 Å². The highest BCUT2D eigenvalue weighted by atomic mass is 16.5. The molecule has 8 heteroatoms. The van der Waals surface area contributed by atoms with Gasteiger partial charge in [-0.3, -0.25) is 0 Å². The molecule has 40 heavy (non-hydrogen) atoms. The maximum atomic E-state index is 13.5. The summed E-state index contributed by atoms with van der Waals surface area (Å²) < 4.78 is 21.8. The van der Waals surface area contributed by atoms with Crippen LogP contribution in [0.3, 0.4) is 0 Å². The summed E-state index contributed by atoms with van der Waals surface area (Å²) in [6.45, 7) is 8.66. The number of ether oxygens (including phenoxy) is 4. The lowest BCUT2D eigenvalue weighted by Crippen LogP contribution is -2.21. The van der Waals surface area contributed by atoms with Gasteiger partial charge >= 0.3 is 23.9 Å². The van der Waals surface area contributed by atoms with E-state index in [4.69, 9.17) is 18.9 Å². The lowest BCUT2D eigenvalue weighted by molar-refractivity contribution is 0.0432. The Morgan fingerprint density at radius 2 is 1.02 bits per heavy atom. The molecule has 8 nitrogen and oxygen atoms in total.